The molecule has 0 radical (unpaired) electrons. The Balaban J connectivity index is 2.67. The predicted octanol–water partition coefficient (Wildman–Crippen LogP) is 4.08. The molecule has 2 aliphatic rings. The van der Waals surface area contributed by atoms with Gasteiger partial charge in [-0.25, -0.2) is 0 Å². The highest BCUT2D eigenvalue weighted by Crippen LogP contribution is 2.48. The lowest BCUT2D eigenvalue weighted by molar-refractivity contribution is -0.163. The molecule has 0 aromatic rings. The van der Waals surface area contributed by atoms with Crippen LogP contribution in [0.1, 0.15) is 19.8 Å². The van der Waals surface area contributed by atoms with Crippen LogP contribution in [0.15, 0.2) is 46.3 Å². The molecule has 0 aliphatic heterocycles. The van der Waals surface area contributed by atoms with Crippen LogP contribution < -0.4 is 11.5 Å². The van der Waals surface area contributed by atoms with E-state index in [2.05, 4.69) is 0 Å². The lowest BCUT2D eigenvalue weighted by Gasteiger charge is -2.33. The summed E-state index contributed by atoms with van der Waals surface area (Å²) in [5.74, 6) is -2.81. The van der Waals surface area contributed by atoms with Crippen LogP contribution in [0, 0.1) is 11.8 Å². The fourth-order valence-corrected chi connectivity index (χ4v) is 3.01. The van der Waals surface area contributed by atoms with Gasteiger partial charge < -0.3 is 11.5 Å². The van der Waals surface area contributed by atoms with Crippen molar-refractivity contribution in [1.29, 1.82) is 0 Å². The smallest absolute Gasteiger partial charge is 0.402 e. The Bertz CT molecular complexity index is 619. The van der Waals surface area contributed by atoms with Crippen molar-refractivity contribution in [1.82, 2.24) is 0 Å². The third-order valence-electron chi connectivity index (χ3n) is 3.96. The van der Waals surface area contributed by atoms with Gasteiger partial charge in [0.2, 0.25) is 0 Å². The molecule has 0 bridgehead atoms. The predicted molar refractivity (Wildman–Crippen MR) is 73.6 cm³/mol. The first-order valence-electron chi connectivity index (χ1n) is 6.92. The van der Waals surface area contributed by atoms with Gasteiger partial charge in [-0.05, 0) is 35.6 Å². The lowest BCUT2D eigenvalue weighted by atomic mass is 9.75. The van der Waals surface area contributed by atoms with E-state index in [9.17, 15) is 26.3 Å². The number of halogens is 6. The van der Waals surface area contributed by atoms with Crippen molar-refractivity contribution < 1.29 is 26.3 Å². The van der Waals surface area contributed by atoms with Crippen LogP contribution in [0.5, 0.6) is 0 Å². The van der Waals surface area contributed by atoms with Crippen LogP contribution in [0.2, 0.25) is 0 Å². The Kier molecular flexibility index (Phi) is 4.30. The number of rotatable bonds is 1. The summed E-state index contributed by atoms with van der Waals surface area (Å²) < 4.78 is 79.7. The van der Waals surface area contributed by atoms with Gasteiger partial charge in [0.05, 0.1) is 11.5 Å². The Morgan fingerprint density at radius 1 is 0.957 bits per heavy atom. The fraction of sp³-hybridized carbons (Fsp3) is 0.467. The molecule has 8 heteroatoms. The molecule has 0 heterocycles. The van der Waals surface area contributed by atoms with Gasteiger partial charge >= 0.3 is 12.4 Å². The number of hydrogen-bond donors (Lipinski definition) is 2. The van der Waals surface area contributed by atoms with Crippen molar-refractivity contribution in [2.45, 2.75) is 32.1 Å². The largest absolute Gasteiger partial charge is 0.416 e. The molecule has 0 spiro atoms. The number of allylic oxidation sites excluding steroid dienone is 8. The van der Waals surface area contributed by atoms with E-state index < -0.39 is 36.2 Å². The van der Waals surface area contributed by atoms with Gasteiger partial charge in [-0.2, -0.15) is 26.3 Å². The quantitative estimate of drug-likeness (QED) is 0.708. The Morgan fingerprint density at radius 2 is 1.57 bits per heavy atom. The molecule has 1 unspecified atom stereocenters. The summed E-state index contributed by atoms with van der Waals surface area (Å²) in [4.78, 5) is 0. The van der Waals surface area contributed by atoms with Gasteiger partial charge in [-0.1, -0.05) is 13.0 Å². The van der Waals surface area contributed by atoms with Gasteiger partial charge in [0.1, 0.15) is 0 Å². The van der Waals surface area contributed by atoms with Crippen molar-refractivity contribution >= 4 is 0 Å². The zero-order chi connectivity index (χ0) is 17.6. The Labute approximate surface area is 129 Å². The Morgan fingerprint density at radius 3 is 2.09 bits per heavy atom. The highest BCUT2D eigenvalue weighted by molar-refractivity contribution is 5.51. The molecule has 2 aliphatic carbocycles. The van der Waals surface area contributed by atoms with Crippen LogP contribution in [0.25, 0.3) is 0 Å². The average Bonchev–Trinajstić information content (AvgIpc) is 2.36. The normalized spacial score (nSPS) is 26.7. The minimum Gasteiger partial charge on any atom is -0.402 e. The summed E-state index contributed by atoms with van der Waals surface area (Å²) in [6.07, 6.45) is -6.92. The van der Waals surface area contributed by atoms with Crippen LogP contribution >= 0.6 is 0 Å². The van der Waals surface area contributed by atoms with E-state index in [1.807, 2.05) is 0 Å². The van der Waals surface area contributed by atoms with Crippen LogP contribution in [0.4, 0.5) is 26.3 Å². The summed E-state index contributed by atoms with van der Waals surface area (Å²) in [6.45, 7) is 1.44. The molecule has 0 fully saturated rings. The first kappa shape index (κ1) is 17.5. The number of nitrogens with two attached hydrogens (primary N) is 2. The summed E-state index contributed by atoms with van der Waals surface area (Å²) in [5.41, 5.74) is 9.09. The molecular formula is C15H16F6N2. The van der Waals surface area contributed by atoms with Gasteiger partial charge in [0, 0.05) is 17.8 Å². The molecule has 2 rings (SSSR count). The van der Waals surface area contributed by atoms with E-state index in [4.69, 9.17) is 11.5 Å². The molecule has 0 saturated carbocycles. The fourth-order valence-electron chi connectivity index (χ4n) is 3.01. The van der Waals surface area contributed by atoms with Gasteiger partial charge in [-0.15, -0.1) is 0 Å². The van der Waals surface area contributed by atoms with Crippen molar-refractivity contribution in [3.8, 4) is 0 Å². The zero-order valence-corrected chi connectivity index (χ0v) is 12.2. The van der Waals surface area contributed by atoms with Crippen molar-refractivity contribution in [3.63, 3.8) is 0 Å². The lowest BCUT2D eigenvalue weighted by Crippen LogP contribution is -2.32. The molecule has 0 aromatic heterocycles. The van der Waals surface area contributed by atoms with Crippen LogP contribution in [-0.2, 0) is 0 Å². The van der Waals surface area contributed by atoms with Crippen LogP contribution in [-0.4, -0.2) is 12.4 Å². The van der Waals surface area contributed by atoms with E-state index in [0.29, 0.717) is 0 Å². The maximum absolute atomic E-state index is 13.3. The third-order valence-corrected chi connectivity index (χ3v) is 3.96. The summed E-state index contributed by atoms with van der Waals surface area (Å²) in [7, 11) is 0. The molecule has 128 valence electrons. The minimum atomic E-state index is -4.78. The highest BCUT2D eigenvalue weighted by Gasteiger charge is 2.47. The second-order valence-electron chi connectivity index (χ2n) is 5.81. The first-order valence-corrected chi connectivity index (χ1v) is 6.92. The summed E-state index contributed by atoms with van der Waals surface area (Å²) in [6, 6.07) is 0. The van der Waals surface area contributed by atoms with E-state index >= 15 is 0 Å². The summed E-state index contributed by atoms with van der Waals surface area (Å²) in [5, 5.41) is 0. The first-order chi connectivity index (χ1) is 10.4. The molecule has 2 atom stereocenters. The van der Waals surface area contributed by atoms with E-state index in [0.717, 1.165) is 12.2 Å². The van der Waals surface area contributed by atoms with Gasteiger partial charge in [0.25, 0.3) is 0 Å². The average molecular weight is 338 g/mol. The van der Waals surface area contributed by atoms with E-state index in [1.165, 1.54) is 13.0 Å². The maximum Gasteiger partial charge on any atom is 0.416 e. The molecular weight excluding hydrogens is 322 g/mol. The second-order valence-corrected chi connectivity index (χ2v) is 5.81. The van der Waals surface area contributed by atoms with Crippen molar-refractivity contribution in [2.24, 2.45) is 23.3 Å². The molecule has 0 amide bonds. The summed E-state index contributed by atoms with van der Waals surface area (Å²) >= 11 is 0. The molecule has 0 aromatic carbocycles. The highest BCUT2D eigenvalue weighted by atomic mass is 19.4. The van der Waals surface area contributed by atoms with Crippen LogP contribution in [0.3, 0.4) is 0 Å². The topological polar surface area (TPSA) is 52.0 Å². The van der Waals surface area contributed by atoms with Crippen molar-refractivity contribution in [3.05, 3.63) is 46.3 Å². The third kappa shape index (κ3) is 3.56. The molecule has 2 nitrogen and oxygen atoms in total. The maximum atomic E-state index is 13.3. The van der Waals surface area contributed by atoms with E-state index in [-0.39, 0.29) is 29.0 Å². The molecule has 23 heavy (non-hydrogen) atoms. The molecule has 4 N–H and O–H groups in total. The van der Waals surface area contributed by atoms with Gasteiger partial charge in [0.15, 0.2) is 0 Å². The number of hydrogen-bond acceptors (Lipinski definition) is 2. The number of alkyl halides is 6. The van der Waals surface area contributed by atoms with Gasteiger partial charge in [-0.3, -0.25) is 0 Å². The second kappa shape index (κ2) is 5.65. The van der Waals surface area contributed by atoms with E-state index in [1.54, 1.807) is 0 Å². The SMILES string of the molecule is C[C@@H]1CC(N)=CC(C(F)(F)F)=C1C1=CC=C(N)CC1C(F)(F)F. The zero-order valence-electron chi connectivity index (χ0n) is 12.2. The monoisotopic (exact) mass is 338 g/mol. The Hall–Kier alpha value is -1.86. The minimum absolute atomic E-state index is 0.00333. The van der Waals surface area contributed by atoms with Crippen molar-refractivity contribution in [2.75, 3.05) is 0 Å². The standard InChI is InChI=1S/C15H16F6N2/c1-7-4-9(23)6-12(15(19,20)21)13(7)10-3-2-8(22)5-11(10)14(16,17)18/h2-3,6-7,11H,4-5,22-23H2,1H3/t7-,11?/m1/s1. The molecule has 0 saturated heterocycles.